The number of hydrogen-bond donors (Lipinski definition) is 0. The molecule has 8 heteroatoms. The second kappa shape index (κ2) is 6.13. The maximum absolute atomic E-state index is 13.1. The molecule has 1 atom stereocenters. The Bertz CT molecular complexity index is 876. The summed E-state index contributed by atoms with van der Waals surface area (Å²) in [6, 6.07) is 4.94. The van der Waals surface area contributed by atoms with E-state index in [9.17, 15) is 8.42 Å². The monoisotopic (exact) mass is 368 g/mol. The molecule has 0 bridgehead atoms. The largest absolute Gasteiger partial charge is 0.309 e. The molecule has 1 aromatic heterocycles. The summed E-state index contributed by atoms with van der Waals surface area (Å²) in [6.07, 6.45) is 0. The number of rotatable bonds is 3. The van der Waals surface area contributed by atoms with E-state index in [0.29, 0.717) is 23.0 Å². The van der Waals surface area contributed by atoms with Gasteiger partial charge in [-0.3, -0.25) is 0 Å². The van der Waals surface area contributed by atoms with Crippen molar-refractivity contribution in [2.24, 2.45) is 0 Å². The Morgan fingerprint density at radius 2 is 2.00 bits per heavy atom. The lowest BCUT2D eigenvalue weighted by molar-refractivity contribution is 0.285. The predicted octanol–water partition coefficient (Wildman–Crippen LogP) is 3.13. The van der Waals surface area contributed by atoms with Crippen LogP contribution in [0.5, 0.6) is 0 Å². The highest BCUT2D eigenvalue weighted by Crippen LogP contribution is 2.31. The van der Waals surface area contributed by atoms with Gasteiger partial charge >= 0.3 is 0 Å². The number of sulfonamides is 1. The summed E-state index contributed by atoms with van der Waals surface area (Å²) in [5, 5.41) is 8.90. The normalized spacial score (nSPS) is 18.8. The van der Waals surface area contributed by atoms with Gasteiger partial charge in [-0.2, -0.15) is 4.31 Å². The minimum Gasteiger partial charge on any atom is -0.309 e. The average Bonchev–Trinajstić information content (AvgIpc) is 2.94. The van der Waals surface area contributed by atoms with Gasteiger partial charge in [-0.05, 0) is 31.5 Å². The van der Waals surface area contributed by atoms with Gasteiger partial charge in [-0.15, -0.1) is 10.2 Å². The molecule has 24 heavy (non-hydrogen) atoms. The molecule has 0 aliphatic carbocycles. The summed E-state index contributed by atoms with van der Waals surface area (Å²) in [5.74, 6) is 1.82. The molecule has 0 spiro atoms. The van der Waals surface area contributed by atoms with Crippen molar-refractivity contribution in [1.82, 2.24) is 19.1 Å². The molecular weight excluding hydrogens is 348 g/mol. The van der Waals surface area contributed by atoms with Crippen LogP contribution in [0, 0.1) is 6.92 Å². The second-order valence-corrected chi connectivity index (χ2v) is 8.82. The van der Waals surface area contributed by atoms with Gasteiger partial charge in [0.1, 0.15) is 11.6 Å². The van der Waals surface area contributed by atoms with Crippen LogP contribution < -0.4 is 0 Å². The number of benzene rings is 1. The fourth-order valence-corrected chi connectivity index (χ4v) is 5.06. The fraction of sp³-hybridized carbons (Fsp3) is 0.500. The maximum atomic E-state index is 13.1. The van der Waals surface area contributed by atoms with E-state index >= 15 is 0 Å². The van der Waals surface area contributed by atoms with Crippen molar-refractivity contribution in [1.29, 1.82) is 0 Å². The quantitative estimate of drug-likeness (QED) is 0.834. The first-order valence-electron chi connectivity index (χ1n) is 7.92. The zero-order valence-electron chi connectivity index (χ0n) is 14.2. The summed E-state index contributed by atoms with van der Waals surface area (Å²) in [4.78, 5) is 0.249. The van der Waals surface area contributed by atoms with E-state index in [1.165, 1.54) is 4.31 Å². The Hall–Kier alpha value is -1.44. The van der Waals surface area contributed by atoms with Gasteiger partial charge < -0.3 is 4.57 Å². The standard InChI is InChI=1S/C16H21ClN4O2S/c1-10(2)16-19-18-15-9-20(8-11(3)21(15)16)24(22,23)14-7-5-6-13(17)12(14)4/h5-7,10-11H,8-9H2,1-4H3/t11-/m0/s1. The third-order valence-corrected chi connectivity index (χ3v) is 6.74. The molecule has 0 fully saturated rings. The molecule has 130 valence electrons. The second-order valence-electron chi connectivity index (χ2n) is 6.51. The van der Waals surface area contributed by atoms with Gasteiger partial charge in [0.2, 0.25) is 10.0 Å². The molecule has 1 aromatic carbocycles. The molecule has 0 radical (unpaired) electrons. The minimum absolute atomic E-state index is 0.0181. The SMILES string of the molecule is Cc1c(Cl)cccc1S(=O)(=O)N1Cc2nnc(C(C)C)n2[C@@H](C)C1. The van der Waals surface area contributed by atoms with Crippen molar-refractivity contribution in [3.63, 3.8) is 0 Å². The molecule has 0 amide bonds. The van der Waals surface area contributed by atoms with Crippen LogP contribution in [0.2, 0.25) is 5.02 Å². The van der Waals surface area contributed by atoms with E-state index in [1.54, 1.807) is 25.1 Å². The van der Waals surface area contributed by atoms with Gasteiger partial charge in [0.25, 0.3) is 0 Å². The van der Waals surface area contributed by atoms with E-state index in [2.05, 4.69) is 28.6 Å². The number of halogens is 1. The zero-order chi connectivity index (χ0) is 17.6. The fourth-order valence-electron chi connectivity index (χ4n) is 3.11. The zero-order valence-corrected chi connectivity index (χ0v) is 15.8. The first kappa shape index (κ1) is 17.4. The molecule has 0 unspecified atom stereocenters. The lowest BCUT2D eigenvalue weighted by Gasteiger charge is -2.32. The van der Waals surface area contributed by atoms with Gasteiger partial charge in [0, 0.05) is 23.5 Å². The summed E-state index contributed by atoms with van der Waals surface area (Å²) in [6.45, 7) is 8.44. The average molecular weight is 369 g/mol. The molecule has 2 aromatic rings. The molecular formula is C16H21ClN4O2S. The van der Waals surface area contributed by atoms with E-state index in [4.69, 9.17) is 11.6 Å². The first-order valence-corrected chi connectivity index (χ1v) is 9.74. The highest BCUT2D eigenvalue weighted by molar-refractivity contribution is 7.89. The van der Waals surface area contributed by atoms with Crippen LogP contribution in [0.1, 0.15) is 49.9 Å². The lowest BCUT2D eigenvalue weighted by atomic mass is 10.1. The van der Waals surface area contributed by atoms with Crippen LogP contribution >= 0.6 is 11.6 Å². The van der Waals surface area contributed by atoms with Crippen molar-refractivity contribution in [3.05, 3.63) is 40.4 Å². The van der Waals surface area contributed by atoms with Crippen LogP contribution in [0.15, 0.2) is 23.1 Å². The van der Waals surface area contributed by atoms with Crippen LogP contribution in [0.25, 0.3) is 0 Å². The number of aromatic nitrogens is 3. The van der Waals surface area contributed by atoms with E-state index in [0.717, 1.165) is 5.82 Å². The number of hydrogen-bond acceptors (Lipinski definition) is 4. The minimum atomic E-state index is -3.63. The molecule has 1 aliphatic rings. The van der Waals surface area contributed by atoms with E-state index < -0.39 is 10.0 Å². The van der Waals surface area contributed by atoms with Crippen LogP contribution in [-0.2, 0) is 16.6 Å². The number of fused-ring (bicyclic) bond motifs is 1. The summed E-state index contributed by atoms with van der Waals surface area (Å²) >= 11 is 6.10. The van der Waals surface area contributed by atoms with Crippen molar-refractivity contribution in [2.45, 2.75) is 51.1 Å². The van der Waals surface area contributed by atoms with Crippen LogP contribution in [-0.4, -0.2) is 34.0 Å². The Balaban J connectivity index is 2.01. The Morgan fingerprint density at radius 3 is 2.67 bits per heavy atom. The lowest BCUT2D eigenvalue weighted by Crippen LogP contribution is -2.41. The van der Waals surface area contributed by atoms with Gasteiger partial charge in [-0.25, -0.2) is 8.42 Å². The molecule has 0 saturated heterocycles. The molecule has 6 nitrogen and oxygen atoms in total. The maximum Gasteiger partial charge on any atom is 0.243 e. The van der Waals surface area contributed by atoms with E-state index in [-0.39, 0.29) is 23.4 Å². The summed E-state index contributed by atoms with van der Waals surface area (Å²) < 4.78 is 29.7. The highest BCUT2D eigenvalue weighted by atomic mass is 35.5. The highest BCUT2D eigenvalue weighted by Gasteiger charge is 2.35. The van der Waals surface area contributed by atoms with Crippen LogP contribution in [0.3, 0.4) is 0 Å². The smallest absolute Gasteiger partial charge is 0.243 e. The Labute approximate surface area is 147 Å². The van der Waals surface area contributed by atoms with Gasteiger partial charge in [-0.1, -0.05) is 31.5 Å². The third-order valence-electron chi connectivity index (χ3n) is 4.37. The summed E-state index contributed by atoms with van der Waals surface area (Å²) in [5.41, 5.74) is 0.571. The Morgan fingerprint density at radius 1 is 1.29 bits per heavy atom. The first-order chi connectivity index (χ1) is 11.2. The molecule has 0 N–H and O–H groups in total. The van der Waals surface area contributed by atoms with Gasteiger partial charge in [0.05, 0.1) is 11.4 Å². The predicted molar refractivity (Wildman–Crippen MR) is 92.6 cm³/mol. The van der Waals surface area contributed by atoms with Crippen molar-refractivity contribution in [3.8, 4) is 0 Å². The Kier molecular flexibility index (Phi) is 4.44. The number of nitrogens with zero attached hydrogens (tertiary/aromatic N) is 4. The van der Waals surface area contributed by atoms with Crippen molar-refractivity contribution in [2.75, 3.05) is 6.54 Å². The van der Waals surface area contributed by atoms with Crippen molar-refractivity contribution < 1.29 is 8.42 Å². The third kappa shape index (κ3) is 2.74. The molecule has 2 heterocycles. The molecule has 3 rings (SSSR count). The molecule has 0 saturated carbocycles. The van der Waals surface area contributed by atoms with Crippen molar-refractivity contribution >= 4 is 21.6 Å². The molecule has 1 aliphatic heterocycles. The topological polar surface area (TPSA) is 68.1 Å². The van der Waals surface area contributed by atoms with E-state index in [1.807, 2.05) is 6.92 Å². The van der Waals surface area contributed by atoms with Crippen LogP contribution in [0.4, 0.5) is 0 Å². The van der Waals surface area contributed by atoms with Gasteiger partial charge in [0.15, 0.2) is 0 Å². The summed E-state index contributed by atoms with van der Waals surface area (Å²) in [7, 11) is -3.63.